The van der Waals surface area contributed by atoms with E-state index in [2.05, 4.69) is 42.0 Å². The number of hydrogen-bond donors (Lipinski definition) is 1. The van der Waals surface area contributed by atoms with Crippen LogP contribution in [0.4, 0.5) is 0 Å². The minimum absolute atomic E-state index is 0.197. The van der Waals surface area contributed by atoms with E-state index in [1.54, 1.807) is 0 Å². The van der Waals surface area contributed by atoms with Crippen molar-refractivity contribution in [3.63, 3.8) is 0 Å². The second-order valence-electron chi connectivity index (χ2n) is 7.36. The molecule has 0 unspecified atom stereocenters. The third-order valence-corrected chi connectivity index (χ3v) is 4.90. The molecule has 1 aromatic carbocycles. The fourth-order valence-corrected chi connectivity index (χ4v) is 3.27. The van der Waals surface area contributed by atoms with Crippen LogP contribution in [0.1, 0.15) is 52.9 Å². The molecule has 0 heterocycles. The van der Waals surface area contributed by atoms with E-state index in [1.807, 2.05) is 24.3 Å². The Kier molecular flexibility index (Phi) is 5.73. The van der Waals surface area contributed by atoms with Crippen LogP contribution in [0.5, 0.6) is 5.75 Å². The topological polar surface area (TPSA) is 21.3 Å². The van der Waals surface area contributed by atoms with Crippen LogP contribution in [0.25, 0.3) is 0 Å². The summed E-state index contributed by atoms with van der Waals surface area (Å²) in [5.74, 6) is 0.968. The van der Waals surface area contributed by atoms with E-state index in [-0.39, 0.29) is 5.54 Å². The lowest BCUT2D eigenvalue weighted by Gasteiger charge is -2.33. The third kappa shape index (κ3) is 5.63. The van der Waals surface area contributed by atoms with Crippen LogP contribution in [-0.4, -0.2) is 18.7 Å². The number of halogens is 1. The molecular formula is C18H28BrNO. The zero-order valence-corrected chi connectivity index (χ0v) is 15.1. The summed E-state index contributed by atoms with van der Waals surface area (Å²) in [6.45, 7) is 8.66. The van der Waals surface area contributed by atoms with Crippen molar-refractivity contribution in [3.05, 3.63) is 28.7 Å². The Hall–Kier alpha value is -0.540. The molecule has 118 valence electrons. The predicted octanol–water partition coefficient (Wildman–Crippen LogP) is 5.17. The van der Waals surface area contributed by atoms with Crippen molar-refractivity contribution in [2.24, 2.45) is 5.41 Å². The second-order valence-corrected chi connectivity index (χ2v) is 8.28. The Morgan fingerprint density at radius 1 is 1.14 bits per heavy atom. The van der Waals surface area contributed by atoms with E-state index in [1.165, 1.54) is 25.7 Å². The first-order valence-electron chi connectivity index (χ1n) is 8.02. The van der Waals surface area contributed by atoms with E-state index in [0.717, 1.165) is 29.8 Å². The van der Waals surface area contributed by atoms with Gasteiger partial charge in [-0.15, -0.1) is 0 Å². The minimum Gasteiger partial charge on any atom is -0.494 e. The first-order valence-corrected chi connectivity index (χ1v) is 8.81. The molecule has 0 atom stereocenters. The molecule has 3 heteroatoms. The molecule has 1 N–H and O–H groups in total. The highest BCUT2D eigenvalue weighted by Gasteiger charge is 2.34. The smallest absolute Gasteiger partial charge is 0.119 e. The molecule has 1 aromatic rings. The lowest BCUT2D eigenvalue weighted by Crippen LogP contribution is -2.43. The lowest BCUT2D eigenvalue weighted by atomic mass is 9.82. The van der Waals surface area contributed by atoms with Gasteiger partial charge in [0, 0.05) is 16.6 Å². The summed E-state index contributed by atoms with van der Waals surface area (Å²) in [5.41, 5.74) is 0.630. The van der Waals surface area contributed by atoms with Gasteiger partial charge in [0.1, 0.15) is 5.75 Å². The molecule has 0 amide bonds. The van der Waals surface area contributed by atoms with Crippen molar-refractivity contribution in [2.45, 2.75) is 58.4 Å². The van der Waals surface area contributed by atoms with Crippen LogP contribution in [0.2, 0.25) is 0 Å². The summed E-state index contributed by atoms with van der Waals surface area (Å²) < 4.78 is 7.03. The summed E-state index contributed by atoms with van der Waals surface area (Å²) in [7, 11) is 0. The fraction of sp³-hybridized carbons (Fsp3) is 0.667. The van der Waals surface area contributed by atoms with E-state index < -0.39 is 0 Å². The van der Waals surface area contributed by atoms with E-state index in [9.17, 15) is 0 Å². The number of ether oxygens (including phenoxy) is 1. The highest BCUT2D eigenvalue weighted by Crippen LogP contribution is 2.41. The monoisotopic (exact) mass is 353 g/mol. The van der Waals surface area contributed by atoms with Gasteiger partial charge in [-0.2, -0.15) is 0 Å². The molecule has 0 radical (unpaired) electrons. The van der Waals surface area contributed by atoms with E-state index in [4.69, 9.17) is 4.74 Å². The predicted molar refractivity (Wildman–Crippen MR) is 92.9 cm³/mol. The van der Waals surface area contributed by atoms with Crippen LogP contribution in [-0.2, 0) is 0 Å². The Labute approximate surface area is 137 Å². The molecule has 0 spiro atoms. The molecule has 1 saturated carbocycles. The summed E-state index contributed by atoms with van der Waals surface area (Å²) in [6, 6.07) is 8.11. The zero-order valence-electron chi connectivity index (χ0n) is 13.5. The molecule has 2 nitrogen and oxygen atoms in total. The highest BCUT2D eigenvalue weighted by molar-refractivity contribution is 9.10. The van der Waals surface area contributed by atoms with Gasteiger partial charge in [0.05, 0.1) is 6.61 Å². The highest BCUT2D eigenvalue weighted by atomic mass is 79.9. The zero-order chi connectivity index (χ0) is 15.3. The maximum absolute atomic E-state index is 5.93. The molecule has 0 aliphatic heterocycles. The maximum Gasteiger partial charge on any atom is 0.119 e. The molecule has 21 heavy (non-hydrogen) atoms. The molecule has 1 aliphatic carbocycles. The van der Waals surface area contributed by atoms with Crippen molar-refractivity contribution < 1.29 is 4.74 Å². The number of hydrogen-bond acceptors (Lipinski definition) is 2. The van der Waals surface area contributed by atoms with Gasteiger partial charge >= 0.3 is 0 Å². The largest absolute Gasteiger partial charge is 0.494 e. The van der Waals surface area contributed by atoms with Gasteiger partial charge < -0.3 is 10.1 Å². The summed E-state index contributed by atoms with van der Waals surface area (Å²) in [5, 5.41) is 3.70. The van der Waals surface area contributed by atoms with Crippen LogP contribution in [0, 0.1) is 5.41 Å². The molecule has 2 rings (SSSR count). The molecule has 0 aromatic heterocycles. The van der Waals surface area contributed by atoms with Crippen LogP contribution in [0.3, 0.4) is 0 Å². The van der Waals surface area contributed by atoms with Gasteiger partial charge in [-0.05, 0) is 69.7 Å². The lowest BCUT2D eigenvalue weighted by molar-refractivity contribution is 0.179. The number of rotatable bonds is 6. The summed E-state index contributed by atoms with van der Waals surface area (Å²) >= 11 is 3.45. The molecular weight excluding hydrogens is 326 g/mol. The Morgan fingerprint density at radius 3 is 2.33 bits per heavy atom. The Morgan fingerprint density at radius 2 is 1.76 bits per heavy atom. The molecule has 0 saturated heterocycles. The molecule has 0 bridgehead atoms. The van der Waals surface area contributed by atoms with Crippen molar-refractivity contribution >= 4 is 15.9 Å². The standard InChI is InChI=1S/C18H28BrNO/c1-17(2,3)20-14-18(10-4-5-11-18)12-13-21-16-8-6-15(19)7-9-16/h6-9,20H,4-5,10-14H2,1-3H3. The van der Waals surface area contributed by atoms with Gasteiger partial charge in [0.15, 0.2) is 0 Å². The van der Waals surface area contributed by atoms with Gasteiger partial charge in [-0.25, -0.2) is 0 Å². The maximum atomic E-state index is 5.93. The number of nitrogens with one attached hydrogen (secondary N) is 1. The fourth-order valence-electron chi connectivity index (χ4n) is 3.01. The normalized spacial score (nSPS) is 17.9. The third-order valence-electron chi connectivity index (χ3n) is 4.37. The average molecular weight is 354 g/mol. The summed E-state index contributed by atoms with van der Waals surface area (Å²) in [4.78, 5) is 0. The van der Waals surface area contributed by atoms with Crippen LogP contribution >= 0.6 is 15.9 Å². The van der Waals surface area contributed by atoms with Crippen LogP contribution < -0.4 is 10.1 Å². The number of benzene rings is 1. The van der Waals surface area contributed by atoms with Crippen molar-refractivity contribution in [3.8, 4) is 5.75 Å². The quantitative estimate of drug-likeness (QED) is 0.761. The van der Waals surface area contributed by atoms with Crippen LogP contribution in [0.15, 0.2) is 28.7 Å². The molecule has 1 fully saturated rings. The average Bonchev–Trinajstić information content (AvgIpc) is 2.88. The first kappa shape index (κ1) is 16.8. The van der Waals surface area contributed by atoms with Gasteiger partial charge in [-0.1, -0.05) is 28.8 Å². The van der Waals surface area contributed by atoms with Gasteiger partial charge in [0.25, 0.3) is 0 Å². The Balaban J connectivity index is 1.84. The SMILES string of the molecule is CC(C)(C)NCC1(CCOc2ccc(Br)cc2)CCCC1. The first-order chi connectivity index (χ1) is 9.89. The van der Waals surface area contributed by atoms with E-state index in [0.29, 0.717) is 5.41 Å². The van der Waals surface area contributed by atoms with Crippen molar-refractivity contribution in [1.82, 2.24) is 5.32 Å². The summed E-state index contributed by atoms with van der Waals surface area (Å²) in [6.07, 6.45) is 6.54. The minimum atomic E-state index is 0.197. The van der Waals surface area contributed by atoms with E-state index >= 15 is 0 Å². The Bertz CT molecular complexity index is 430. The van der Waals surface area contributed by atoms with Crippen molar-refractivity contribution in [2.75, 3.05) is 13.2 Å². The molecule has 1 aliphatic rings. The van der Waals surface area contributed by atoms with Gasteiger partial charge in [0.2, 0.25) is 0 Å². The second kappa shape index (κ2) is 7.15. The van der Waals surface area contributed by atoms with Gasteiger partial charge in [-0.3, -0.25) is 0 Å². The van der Waals surface area contributed by atoms with Crippen molar-refractivity contribution in [1.29, 1.82) is 0 Å².